The van der Waals surface area contributed by atoms with Crippen LogP contribution in [0.2, 0.25) is 0 Å². The van der Waals surface area contributed by atoms with Gasteiger partial charge in [0.2, 0.25) is 5.91 Å². The van der Waals surface area contributed by atoms with E-state index in [2.05, 4.69) is 31.9 Å². The molecule has 0 aliphatic carbocycles. The maximum Gasteiger partial charge on any atom is 0.257 e. The average molecular weight is 406 g/mol. The molecular formula is C17H16BrN3O2S. The standard InChI is InChI=1S/C17H16BrN3O2S/c1-10-6-7-14(9-15(10)19-11(2)22)20-17(24)21-16(23)12-4-3-5-13(18)8-12/h3-9H,1-2H3,(H,19,22)(H2,20,21,23,24). The summed E-state index contributed by atoms with van der Waals surface area (Å²) < 4.78 is 0.813. The normalized spacial score (nSPS) is 9.96. The highest BCUT2D eigenvalue weighted by atomic mass is 79.9. The van der Waals surface area contributed by atoms with Crippen LogP contribution in [0.1, 0.15) is 22.8 Å². The summed E-state index contributed by atoms with van der Waals surface area (Å²) in [7, 11) is 0. The number of rotatable bonds is 3. The Balaban J connectivity index is 2.04. The molecule has 0 aromatic heterocycles. The summed E-state index contributed by atoms with van der Waals surface area (Å²) in [4.78, 5) is 23.4. The van der Waals surface area contributed by atoms with Crippen LogP contribution in [0.3, 0.4) is 0 Å². The zero-order valence-electron chi connectivity index (χ0n) is 13.1. The number of hydrogen-bond donors (Lipinski definition) is 3. The average Bonchev–Trinajstić information content (AvgIpc) is 2.50. The first-order chi connectivity index (χ1) is 11.3. The molecule has 0 atom stereocenters. The molecule has 2 aromatic carbocycles. The van der Waals surface area contributed by atoms with Crippen molar-refractivity contribution in [2.75, 3.05) is 10.6 Å². The summed E-state index contributed by atoms with van der Waals surface area (Å²) in [5.74, 6) is -0.455. The van der Waals surface area contributed by atoms with Crippen molar-refractivity contribution >= 4 is 56.4 Å². The van der Waals surface area contributed by atoms with E-state index in [-0.39, 0.29) is 16.9 Å². The number of aryl methyl sites for hydroxylation is 1. The fraction of sp³-hybridized carbons (Fsp3) is 0.118. The van der Waals surface area contributed by atoms with Crippen molar-refractivity contribution in [3.63, 3.8) is 0 Å². The van der Waals surface area contributed by atoms with Crippen LogP contribution < -0.4 is 16.0 Å². The second kappa shape index (κ2) is 8.03. The topological polar surface area (TPSA) is 70.2 Å². The van der Waals surface area contributed by atoms with E-state index in [1.54, 1.807) is 24.3 Å². The van der Waals surface area contributed by atoms with Crippen molar-refractivity contribution in [2.24, 2.45) is 0 Å². The minimum atomic E-state index is -0.303. The SMILES string of the molecule is CC(=O)Nc1cc(NC(=S)NC(=O)c2cccc(Br)c2)ccc1C. The van der Waals surface area contributed by atoms with Gasteiger partial charge in [-0.2, -0.15) is 0 Å². The van der Waals surface area contributed by atoms with Crippen molar-refractivity contribution in [3.8, 4) is 0 Å². The molecule has 7 heteroatoms. The Bertz CT molecular complexity index is 808. The number of nitrogens with one attached hydrogen (secondary N) is 3. The van der Waals surface area contributed by atoms with Crippen molar-refractivity contribution in [1.82, 2.24) is 5.32 Å². The highest BCUT2D eigenvalue weighted by Crippen LogP contribution is 2.20. The highest BCUT2D eigenvalue weighted by molar-refractivity contribution is 9.10. The summed E-state index contributed by atoms with van der Waals surface area (Å²) in [5.41, 5.74) is 2.79. The summed E-state index contributed by atoms with van der Waals surface area (Å²) in [5, 5.41) is 8.48. The molecule has 3 N–H and O–H groups in total. The summed E-state index contributed by atoms with van der Waals surface area (Å²) in [6.45, 7) is 3.34. The number of halogens is 1. The number of benzene rings is 2. The first-order valence-electron chi connectivity index (χ1n) is 7.11. The Morgan fingerprint density at radius 1 is 1.08 bits per heavy atom. The molecule has 24 heavy (non-hydrogen) atoms. The van der Waals surface area contributed by atoms with E-state index in [0.717, 1.165) is 10.0 Å². The number of carbonyl (C=O) groups is 2. The minimum absolute atomic E-state index is 0.152. The van der Waals surface area contributed by atoms with Crippen LogP contribution >= 0.6 is 28.1 Å². The van der Waals surface area contributed by atoms with Crippen LogP contribution in [0.4, 0.5) is 11.4 Å². The number of hydrogen-bond acceptors (Lipinski definition) is 3. The summed E-state index contributed by atoms with van der Waals surface area (Å²) >= 11 is 8.49. The van der Waals surface area contributed by atoms with Gasteiger partial charge in [0.15, 0.2) is 5.11 Å². The van der Waals surface area contributed by atoms with Gasteiger partial charge >= 0.3 is 0 Å². The van der Waals surface area contributed by atoms with E-state index >= 15 is 0 Å². The fourth-order valence-corrected chi connectivity index (χ4v) is 2.60. The predicted octanol–water partition coefficient (Wildman–Crippen LogP) is 3.84. The minimum Gasteiger partial charge on any atom is -0.332 e. The molecule has 2 rings (SSSR count). The van der Waals surface area contributed by atoms with Crippen LogP contribution in [-0.4, -0.2) is 16.9 Å². The van der Waals surface area contributed by atoms with E-state index in [1.165, 1.54) is 6.92 Å². The first-order valence-corrected chi connectivity index (χ1v) is 8.31. The molecular weight excluding hydrogens is 390 g/mol. The van der Waals surface area contributed by atoms with Gasteiger partial charge in [0, 0.05) is 28.3 Å². The van der Waals surface area contributed by atoms with Gasteiger partial charge in [-0.05, 0) is 55.0 Å². The number of anilines is 2. The van der Waals surface area contributed by atoms with E-state index < -0.39 is 0 Å². The molecule has 124 valence electrons. The third kappa shape index (κ3) is 5.14. The zero-order valence-corrected chi connectivity index (χ0v) is 15.5. The Morgan fingerprint density at radius 2 is 1.83 bits per heavy atom. The number of thiocarbonyl (C=S) groups is 1. The molecule has 5 nitrogen and oxygen atoms in total. The second-order valence-corrected chi connectivity index (χ2v) is 6.45. The largest absolute Gasteiger partial charge is 0.332 e. The number of carbonyl (C=O) groups excluding carboxylic acids is 2. The van der Waals surface area contributed by atoms with Gasteiger partial charge in [-0.25, -0.2) is 0 Å². The van der Waals surface area contributed by atoms with E-state index in [4.69, 9.17) is 12.2 Å². The Hall–Kier alpha value is -2.25. The van der Waals surface area contributed by atoms with E-state index in [1.807, 2.05) is 25.1 Å². The van der Waals surface area contributed by atoms with Crippen LogP contribution in [0.5, 0.6) is 0 Å². The monoisotopic (exact) mass is 405 g/mol. The van der Waals surface area contributed by atoms with Gasteiger partial charge in [-0.1, -0.05) is 28.1 Å². The maximum atomic E-state index is 12.1. The Morgan fingerprint density at radius 3 is 2.50 bits per heavy atom. The van der Waals surface area contributed by atoms with Crippen LogP contribution in [0.25, 0.3) is 0 Å². The van der Waals surface area contributed by atoms with Crippen LogP contribution in [0, 0.1) is 6.92 Å². The van der Waals surface area contributed by atoms with Gasteiger partial charge in [-0.15, -0.1) is 0 Å². The lowest BCUT2D eigenvalue weighted by Gasteiger charge is -2.12. The third-order valence-corrected chi connectivity index (χ3v) is 3.82. The molecule has 0 unspecified atom stereocenters. The summed E-state index contributed by atoms with van der Waals surface area (Å²) in [6.07, 6.45) is 0. The predicted molar refractivity (Wildman–Crippen MR) is 103 cm³/mol. The van der Waals surface area contributed by atoms with E-state index in [9.17, 15) is 9.59 Å². The van der Waals surface area contributed by atoms with Crippen molar-refractivity contribution in [2.45, 2.75) is 13.8 Å². The van der Waals surface area contributed by atoms with Gasteiger partial charge in [-0.3, -0.25) is 14.9 Å². The van der Waals surface area contributed by atoms with Gasteiger partial charge in [0.05, 0.1) is 0 Å². The molecule has 0 radical (unpaired) electrons. The highest BCUT2D eigenvalue weighted by Gasteiger charge is 2.09. The first kappa shape index (κ1) is 18.1. The number of amides is 2. The van der Waals surface area contributed by atoms with Crippen LogP contribution in [-0.2, 0) is 4.79 Å². The molecule has 0 spiro atoms. The van der Waals surface area contributed by atoms with Crippen LogP contribution in [0.15, 0.2) is 46.9 Å². The smallest absolute Gasteiger partial charge is 0.257 e. The lowest BCUT2D eigenvalue weighted by molar-refractivity contribution is -0.114. The lowest BCUT2D eigenvalue weighted by Crippen LogP contribution is -2.34. The fourth-order valence-electron chi connectivity index (χ4n) is 1.99. The Labute approximate surface area is 154 Å². The summed E-state index contributed by atoms with van der Waals surface area (Å²) in [6, 6.07) is 12.4. The molecule has 0 saturated carbocycles. The molecule has 2 amide bonds. The van der Waals surface area contributed by atoms with Crippen molar-refractivity contribution in [1.29, 1.82) is 0 Å². The molecule has 0 saturated heterocycles. The molecule has 0 aliphatic heterocycles. The van der Waals surface area contributed by atoms with Gasteiger partial charge in [0.1, 0.15) is 0 Å². The third-order valence-electron chi connectivity index (χ3n) is 3.12. The lowest BCUT2D eigenvalue weighted by atomic mass is 10.2. The molecule has 0 fully saturated rings. The quantitative estimate of drug-likeness (QED) is 0.678. The molecule has 0 heterocycles. The Kier molecular flexibility index (Phi) is 6.05. The maximum absolute atomic E-state index is 12.1. The molecule has 0 bridgehead atoms. The van der Waals surface area contributed by atoms with E-state index in [0.29, 0.717) is 16.9 Å². The van der Waals surface area contributed by atoms with Gasteiger partial charge in [0.25, 0.3) is 5.91 Å². The second-order valence-electron chi connectivity index (χ2n) is 5.13. The van der Waals surface area contributed by atoms with Crippen molar-refractivity contribution < 1.29 is 9.59 Å². The molecule has 2 aromatic rings. The zero-order chi connectivity index (χ0) is 17.7. The molecule has 0 aliphatic rings. The van der Waals surface area contributed by atoms with Crippen molar-refractivity contribution in [3.05, 3.63) is 58.1 Å². The van der Waals surface area contributed by atoms with Gasteiger partial charge < -0.3 is 10.6 Å².